The topological polar surface area (TPSA) is 77.8 Å². The number of aromatic hydroxyl groups is 2. The smallest absolute Gasteiger partial charge is 0.303 e. The molecule has 0 atom stereocenters. The van der Waals surface area contributed by atoms with Crippen molar-refractivity contribution < 1.29 is 20.1 Å². The van der Waals surface area contributed by atoms with Gasteiger partial charge in [0.2, 0.25) is 0 Å². The highest BCUT2D eigenvalue weighted by Gasteiger charge is 2.09. The Labute approximate surface area is 107 Å². The van der Waals surface area contributed by atoms with Gasteiger partial charge in [-0.3, -0.25) is 4.79 Å². The van der Waals surface area contributed by atoms with E-state index in [2.05, 4.69) is 0 Å². The van der Waals surface area contributed by atoms with Gasteiger partial charge in [0.1, 0.15) is 11.5 Å². The molecule has 0 fully saturated rings. The first-order chi connectivity index (χ1) is 8.54. The lowest BCUT2D eigenvalue weighted by Crippen LogP contribution is -1.96. The van der Waals surface area contributed by atoms with Crippen LogP contribution < -0.4 is 0 Å². The van der Waals surface area contributed by atoms with Crippen LogP contribution in [0.3, 0.4) is 0 Å². The van der Waals surface area contributed by atoms with Crippen molar-refractivity contribution in [2.24, 2.45) is 0 Å². The molecular formula is C14H20O4. The van der Waals surface area contributed by atoms with Gasteiger partial charge in [-0.25, -0.2) is 0 Å². The van der Waals surface area contributed by atoms with Crippen LogP contribution in [0, 0.1) is 0 Å². The summed E-state index contributed by atoms with van der Waals surface area (Å²) in [6.45, 7) is 2.05. The standard InChI is InChI=1S/C14H20O4/c1-2-3-6-11-12(15)8-10(9-13(11)16)5-4-7-14(17)18/h8-9,15-16H,2-7H2,1H3,(H,17,18). The number of unbranched alkanes of at least 4 members (excludes halogenated alkanes) is 1. The first-order valence-electron chi connectivity index (χ1n) is 6.30. The quantitative estimate of drug-likeness (QED) is 0.697. The molecule has 0 saturated carbocycles. The molecule has 3 N–H and O–H groups in total. The number of hydrogen-bond donors (Lipinski definition) is 3. The Morgan fingerprint density at radius 1 is 1.11 bits per heavy atom. The summed E-state index contributed by atoms with van der Waals surface area (Å²) in [7, 11) is 0. The largest absolute Gasteiger partial charge is 0.508 e. The molecule has 100 valence electrons. The third kappa shape index (κ3) is 4.28. The predicted molar refractivity (Wildman–Crippen MR) is 69.0 cm³/mol. The molecule has 1 aromatic carbocycles. The fourth-order valence-corrected chi connectivity index (χ4v) is 1.90. The highest BCUT2D eigenvalue weighted by atomic mass is 16.4. The van der Waals surface area contributed by atoms with Gasteiger partial charge in [0.25, 0.3) is 0 Å². The minimum absolute atomic E-state index is 0.0963. The van der Waals surface area contributed by atoms with Crippen LogP contribution in [0.1, 0.15) is 43.7 Å². The Hall–Kier alpha value is -1.71. The van der Waals surface area contributed by atoms with Gasteiger partial charge < -0.3 is 15.3 Å². The van der Waals surface area contributed by atoms with Crippen molar-refractivity contribution in [2.75, 3.05) is 0 Å². The molecule has 4 heteroatoms. The number of carboxylic acid groups (broad SMARTS) is 1. The molecule has 0 saturated heterocycles. The van der Waals surface area contributed by atoms with E-state index in [1.165, 1.54) is 0 Å². The van der Waals surface area contributed by atoms with Gasteiger partial charge in [-0.15, -0.1) is 0 Å². The minimum atomic E-state index is -0.831. The van der Waals surface area contributed by atoms with Crippen molar-refractivity contribution >= 4 is 5.97 Å². The summed E-state index contributed by atoms with van der Waals surface area (Å²) in [5.74, 6) is -0.620. The molecule has 0 unspecified atom stereocenters. The molecule has 1 rings (SSSR count). The molecule has 1 aromatic rings. The van der Waals surface area contributed by atoms with Crippen LogP contribution in [0.25, 0.3) is 0 Å². The van der Waals surface area contributed by atoms with Crippen molar-refractivity contribution in [3.8, 4) is 11.5 Å². The van der Waals surface area contributed by atoms with Gasteiger partial charge >= 0.3 is 5.97 Å². The Kier molecular flexibility index (Phi) is 5.49. The Bertz CT molecular complexity index is 389. The summed E-state index contributed by atoms with van der Waals surface area (Å²) in [5, 5.41) is 28.2. The first-order valence-corrected chi connectivity index (χ1v) is 6.30. The Morgan fingerprint density at radius 3 is 2.22 bits per heavy atom. The van der Waals surface area contributed by atoms with Gasteiger partial charge in [-0.2, -0.15) is 0 Å². The van der Waals surface area contributed by atoms with E-state index in [4.69, 9.17) is 5.11 Å². The summed E-state index contributed by atoms with van der Waals surface area (Å²) < 4.78 is 0. The van der Waals surface area contributed by atoms with E-state index in [1.54, 1.807) is 12.1 Å². The number of carboxylic acids is 1. The number of rotatable bonds is 7. The molecule has 0 aliphatic heterocycles. The monoisotopic (exact) mass is 252 g/mol. The number of phenols is 2. The molecule has 0 aromatic heterocycles. The molecule has 18 heavy (non-hydrogen) atoms. The lowest BCUT2D eigenvalue weighted by atomic mass is 10.0. The fourth-order valence-electron chi connectivity index (χ4n) is 1.90. The average Bonchev–Trinajstić information content (AvgIpc) is 2.27. The van der Waals surface area contributed by atoms with Gasteiger partial charge in [-0.1, -0.05) is 13.3 Å². The van der Waals surface area contributed by atoms with E-state index in [9.17, 15) is 15.0 Å². The molecule has 0 radical (unpaired) electrons. The Balaban J connectivity index is 2.69. The maximum Gasteiger partial charge on any atom is 0.303 e. The SMILES string of the molecule is CCCCc1c(O)cc(CCCC(=O)O)cc1O. The van der Waals surface area contributed by atoms with Gasteiger partial charge in [-0.05, 0) is 43.4 Å². The van der Waals surface area contributed by atoms with Gasteiger partial charge in [0.05, 0.1) is 0 Å². The van der Waals surface area contributed by atoms with Crippen molar-refractivity contribution in [1.29, 1.82) is 0 Å². The second kappa shape index (κ2) is 6.89. The predicted octanol–water partition coefficient (Wildman–Crippen LogP) is 2.85. The number of carbonyl (C=O) groups is 1. The zero-order chi connectivity index (χ0) is 13.5. The molecule has 0 spiro atoms. The van der Waals surface area contributed by atoms with Crippen LogP contribution in [0.2, 0.25) is 0 Å². The zero-order valence-electron chi connectivity index (χ0n) is 10.6. The highest BCUT2D eigenvalue weighted by Crippen LogP contribution is 2.30. The zero-order valence-corrected chi connectivity index (χ0v) is 10.6. The van der Waals surface area contributed by atoms with Crippen LogP contribution in [-0.4, -0.2) is 21.3 Å². The van der Waals surface area contributed by atoms with Crippen molar-refractivity contribution in [2.45, 2.75) is 45.4 Å². The average molecular weight is 252 g/mol. The lowest BCUT2D eigenvalue weighted by molar-refractivity contribution is -0.137. The van der Waals surface area contributed by atoms with Crippen LogP contribution in [0.4, 0.5) is 0 Å². The molecule has 0 heterocycles. The maximum absolute atomic E-state index is 10.4. The van der Waals surface area contributed by atoms with E-state index in [0.29, 0.717) is 24.8 Å². The van der Waals surface area contributed by atoms with E-state index in [-0.39, 0.29) is 17.9 Å². The first kappa shape index (κ1) is 14.4. The number of aliphatic carboxylic acids is 1. The summed E-state index contributed by atoms with van der Waals surface area (Å²) in [6, 6.07) is 3.24. The van der Waals surface area contributed by atoms with Crippen molar-refractivity contribution in [3.05, 3.63) is 23.3 Å². The van der Waals surface area contributed by atoms with Gasteiger partial charge in [0.15, 0.2) is 0 Å². The van der Waals surface area contributed by atoms with E-state index < -0.39 is 5.97 Å². The van der Waals surface area contributed by atoms with E-state index >= 15 is 0 Å². The summed E-state index contributed by atoms with van der Waals surface area (Å²) in [6.07, 6.45) is 3.71. The molecule has 0 aliphatic carbocycles. The number of aryl methyl sites for hydroxylation is 1. The van der Waals surface area contributed by atoms with E-state index in [1.807, 2.05) is 6.92 Å². The molecule has 0 amide bonds. The third-order valence-electron chi connectivity index (χ3n) is 2.90. The van der Waals surface area contributed by atoms with Crippen molar-refractivity contribution in [3.63, 3.8) is 0 Å². The molecular weight excluding hydrogens is 232 g/mol. The number of phenolic OH excluding ortho intramolecular Hbond substituents is 2. The van der Waals surface area contributed by atoms with Crippen LogP contribution in [-0.2, 0) is 17.6 Å². The number of benzene rings is 1. The second-order valence-electron chi connectivity index (χ2n) is 4.46. The fraction of sp³-hybridized carbons (Fsp3) is 0.500. The normalized spacial score (nSPS) is 10.5. The Morgan fingerprint density at radius 2 is 1.72 bits per heavy atom. The summed E-state index contributed by atoms with van der Waals surface area (Å²) in [4.78, 5) is 10.4. The summed E-state index contributed by atoms with van der Waals surface area (Å²) >= 11 is 0. The highest BCUT2D eigenvalue weighted by molar-refractivity contribution is 5.66. The minimum Gasteiger partial charge on any atom is -0.508 e. The van der Waals surface area contributed by atoms with Gasteiger partial charge in [0, 0.05) is 12.0 Å². The lowest BCUT2D eigenvalue weighted by Gasteiger charge is -2.09. The molecule has 0 aliphatic rings. The van der Waals surface area contributed by atoms with Crippen molar-refractivity contribution in [1.82, 2.24) is 0 Å². The maximum atomic E-state index is 10.4. The van der Waals surface area contributed by atoms with E-state index in [0.717, 1.165) is 18.4 Å². The second-order valence-corrected chi connectivity index (χ2v) is 4.46. The molecule has 4 nitrogen and oxygen atoms in total. The van der Waals surface area contributed by atoms with Crippen LogP contribution in [0.5, 0.6) is 11.5 Å². The number of hydrogen-bond acceptors (Lipinski definition) is 3. The third-order valence-corrected chi connectivity index (χ3v) is 2.90. The molecule has 0 bridgehead atoms. The van der Waals surface area contributed by atoms with Crippen LogP contribution >= 0.6 is 0 Å². The van der Waals surface area contributed by atoms with Crippen LogP contribution in [0.15, 0.2) is 12.1 Å². The summed E-state index contributed by atoms with van der Waals surface area (Å²) in [5.41, 5.74) is 1.35.